The molecule has 0 heterocycles. The molecule has 0 fully saturated rings. The van der Waals surface area contributed by atoms with Crippen LogP contribution in [-0.4, -0.2) is 23.3 Å². The number of allylic oxidation sites excluding steroid dienone is 3. The number of rotatable bonds is 3. The van der Waals surface area contributed by atoms with Crippen LogP contribution in [0.5, 0.6) is 0 Å². The molecule has 0 saturated carbocycles. The third-order valence-corrected chi connectivity index (χ3v) is 5.67. The SMILES string of the molecule is CC(C)(C)C1=CC(=S(=O)=O)C(Cc2ccc([N+](=O)[O-])cc2)C(C(C)(C)C)=C1O. The molecule has 1 aromatic carbocycles. The maximum absolute atomic E-state index is 12.1. The van der Waals surface area contributed by atoms with E-state index in [0.29, 0.717) is 17.6 Å². The van der Waals surface area contributed by atoms with Crippen LogP contribution in [0.3, 0.4) is 0 Å². The van der Waals surface area contributed by atoms with E-state index in [4.69, 9.17) is 0 Å². The van der Waals surface area contributed by atoms with Crippen LogP contribution in [0.25, 0.3) is 0 Å². The van der Waals surface area contributed by atoms with Gasteiger partial charge in [-0.2, -0.15) is 8.42 Å². The van der Waals surface area contributed by atoms with Crippen molar-refractivity contribution in [2.24, 2.45) is 16.7 Å². The lowest BCUT2D eigenvalue weighted by Gasteiger charge is -2.37. The maximum atomic E-state index is 12.1. The summed E-state index contributed by atoms with van der Waals surface area (Å²) in [6.07, 6.45) is 1.90. The van der Waals surface area contributed by atoms with Crippen LogP contribution in [0.4, 0.5) is 5.69 Å². The highest BCUT2D eigenvalue weighted by Crippen LogP contribution is 2.44. The molecule has 1 atom stereocenters. The van der Waals surface area contributed by atoms with Crippen molar-refractivity contribution in [3.05, 3.63) is 62.9 Å². The number of benzene rings is 1. The van der Waals surface area contributed by atoms with E-state index in [1.165, 1.54) is 12.1 Å². The summed E-state index contributed by atoms with van der Waals surface area (Å²) in [4.78, 5) is 10.6. The van der Waals surface area contributed by atoms with Gasteiger partial charge in [0.15, 0.2) is 0 Å². The first-order valence-electron chi connectivity index (χ1n) is 9.09. The fourth-order valence-corrected chi connectivity index (χ4v) is 4.22. The number of aliphatic hydroxyl groups excluding tert-OH is 1. The molecule has 1 aliphatic rings. The first-order valence-corrected chi connectivity index (χ1v) is 10.2. The van der Waals surface area contributed by atoms with E-state index < -0.39 is 32.0 Å². The summed E-state index contributed by atoms with van der Waals surface area (Å²) in [5.41, 5.74) is 1.11. The first kappa shape index (κ1) is 21.9. The normalized spacial score (nSPS) is 18.1. The van der Waals surface area contributed by atoms with Crippen molar-refractivity contribution in [2.45, 2.75) is 48.0 Å². The Kier molecular flexibility index (Phi) is 5.90. The minimum absolute atomic E-state index is 0.0200. The number of nitro groups is 1. The number of hydrogen-bond donors (Lipinski definition) is 1. The standard InChI is InChI=1S/C21H27NO5S/c1-20(2,3)16-12-17(28(26)27)15(18(19(16)23)21(4,5)6)11-13-7-9-14(10-8-13)22(24)25/h7-10,12,15,23H,11H2,1-6H3. The average Bonchev–Trinajstić information content (AvgIpc) is 2.52. The monoisotopic (exact) mass is 405 g/mol. The van der Waals surface area contributed by atoms with Gasteiger partial charge in [0.2, 0.25) is 10.3 Å². The predicted octanol–water partition coefficient (Wildman–Crippen LogP) is 4.65. The van der Waals surface area contributed by atoms with Crippen LogP contribution in [0.2, 0.25) is 0 Å². The van der Waals surface area contributed by atoms with Crippen molar-refractivity contribution in [2.75, 3.05) is 0 Å². The summed E-state index contributed by atoms with van der Waals surface area (Å²) < 4.78 is 24.1. The van der Waals surface area contributed by atoms with Gasteiger partial charge in [0, 0.05) is 23.6 Å². The van der Waals surface area contributed by atoms with Crippen LogP contribution < -0.4 is 0 Å². The number of nitro benzene ring substituents is 1. The zero-order valence-corrected chi connectivity index (χ0v) is 17.9. The summed E-state index contributed by atoms with van der Waals surface area (Å²) in [5, 5.41) is 21.9. The Morgan fingerprint density at radius 3 is 1.96 bits per heavy atom. The molecule has 28 heavy (non-hydrogen) atoms. The lowest BCUT2D eigenvalue weighted by Crippen LogP contribution is -2.33. The van der Waals surface area contributed by atoms with Crippen LogP contribution in [0, 0.1) is 26.9 Å². The molecule has 7 heteroatoms. The Labute approximate surface area is 167 Å². The first-order chi connectivity index (χ1) is 12.7. The van der Waals surface area contributed by atoms with Crippen molar-refractivity contribution in [3.63, 3.8) is 0 Å². The van der Waals surface area contributed by atoms with Crippen LogP contribution in [0.15, 0.2) is 47.2 Å². The zero-order chi connectivity index (χ0) is 21.4. The van der Waals surface area contributed by atoms with Gasteiger partial charge in [-0.15, -0.1) is 0 Å². The molecule has 1 aliphatic carbocycles. The molecule has 1 N–H and O–H groups in total. The van der Waals surface area contributed by atoms with Crippen molar-refractivity contribution >= 4 is 20.8 Å². The van der Waals surface area contributed by atoms with E-state index in [1.54, 1.807) is 18.2 Å². The fraction of sp³-hybridized carbons (Fsp3) is 0.476. The Morgan fingerprint density at radius 1 is 1.04 bits per heavy atom. The molecule has 0 radical (unpaired) electrons. The molecule has 1 unspecified atom stereocenters. The van der Waals surface area contributed by atoms with E-state index in [2.05, 4.69) is 0 Å². The Morgan fingerprint density at radius 2 is 1.57 bits per heavy atom. The second-order valence-corrected chi connectivity index (χ2v) is 10.1. The molecule has 0 aliphatic heterocycles. The highest BCUT2D eigenvalue weighted by atomic mass is 32.2. The van der Waals surface area contributed by atoms with Gasteiger partial charge in [0.1, 0.15) is 5.76 Å². The lowest BCUT2D eigenvalue weighted by atomic mass is 9.68. The van der Waals surface area contributed by atoms with Gasteiger partial charge < -0.3 is 5.11 Å². The molecule has 0 saturated heterocycles. The van der Waals surface area contributed by atoms with E-state index in [0.717, 1.165) is 5.56 Å². The van der Waals surface area contributed by atoms with Gasteiger partial charge in [0.05, 0.1) is 9.79 Å². The Hall–Kier alpha value is -2.41. The minimum atomic E-state index is -2.46. The highest BCUT2D eigenvalue weighted by Gasteiger charge is 2.39. The van der Waals surface area contributed by atoms with E-state index in [9.17, 15) is 23.6 Å². The molecule has 2 rings (SSSR count). The molecule has 6 nitrogen and oxygen atoms in total. The minimum Gasteiger partial charge on any atom is -0.508 e. The fourth-order valence-electron chi connectivity index (χ4n) is 3.57. The largest absolute Gasteiger partial charge is 0.508 e. The van der Waals surface area contributed by atoms with Crippen LogP contribution in [0.1, 0.15) is 47.1 Å². The van der Waals surface area contributed by atoms with E-state index in [1.807, 2.05) is 41.5 Å². The third-order valence-electron chi connectivity index (χ3n) is 4.88. The van der Waals surface area contributed by atoms with Crippen molar-refractivity contribution < 1.29 is 18.4 Å². The molecule has 152 valence electrons. The molecule has 0 aromatic heterocycles. The topological polar surface area (TPSA) is 97.5 Å². The maximum Gasteiger partial charge on any atom is 0.269 e. The lowest BCUT2D eigenvalue weighted by molar-refractivity contribution is -0.384. The van der Waals surface area contributed by atoms with Crippen LogP contribution in [-0.2, 0) is 16.7 Å². The van der Waals surface area contributed by atoms with Gasteiger partial charge in [-0.05, 0) is 34.5 Å². The van der Waals surface area contributed by atoms with Crippen molar-refractivity contribution in [3.8, 4) is 0 Å². The smallest absolute Gasteiger partial charge is 0.269 e. The quantitative estimate of drug-likeness (QED) is 0.448. The zero-order valence-electron chi connectivity index (χ0n) is 17.1. The van der Waals surface area contributed by atoms with Gasteiger partial charge in [0.25, 0.3) is 5.69 Å². The predicted molar refractivity (Wildman–Crippen MR) is 111 cm³/mol. The number of aliphatic hydroxyl groups is 1. The molecule has 0 spiro atoms. The average molecular weight is 406 g/mol. The highest BCUT2D eigenvalue weighted by molar-refractivity contribution is 7.73. The Bertz CT molecular complexity index is 977. The second-order valence-electron chi connectivity index (χ2n) is 9.14. The summed E-state index contributed by atoms with van der Waals surface area (Å²) in [5.74, 6) is -0.396. The third kappa shape index (κ3) is 4.52. The number of nitrogens with zero attached hydrogens (tertiary/aromatic N) is 1. The van der Waals surface area contributed by atoms with Gasteiger partial charge in [-0.1, -0.05) is 53.7 Å². The number of hydrogen-bond acceptors (Lipinski definition) is 5. The van der Waals surface area contributed by atoms with Gasteiger partial charge in [-0.3, -0.25) is 10.1 Å². The molecule has 0 amide bonds. The summed E-state index contributed by atoms with van der Waals surface area (Å²) in [6, 6.07) is 6.07. The summed E-state index contributed by atoms with van der Waals surface area (Å²) in [7, 11) is -2.46. The molecular formula is C21H27NO5S. The number of non-ortho nitro benzene ring substituents is 1. The second kappa shape index (κ2) is 7.54. The molecule has 0 bridgehead atoms. The van der Waals surface area contributed by atoms with Crippen LogP contribution >= 0.6 is 0 Å². The summed E-state index contributed by atoms with van der Waals surface area (Å²) in [6.45, 7) is 11.6. The molecule has 1 aromatic rings. The Balaban J connectivity index is 2.64. The van der Waals surface area contributed by atoms with E-state index >= 15 is 0 Å². The van der Waals surface area contributed by atoms with Gasteiger partial charge in [-0.25, -0.2) is 0 Å². The van der Waals surface area contributed by atoms with Crippen molar-refractivity contribution in [1.29, 1.82) is 0 Å². The van der Waals surface area contributed by atoms with Gasteiger partial charge >= 0.3 is 0 Å². The van der Waals surface area contributed by atoms with E-state index in [-0.39, 0.29) is 16.3 Å². The summed E-state index contributed by atoms with van der Waals surface area (Å²) >= 11 is 0. The molecular weight excluding hydrogens is 378 g/mol. The van der Waals surface area contributed by atoms with Crippen molar-refractivity contribution in [1.82, 2.24) is 0 Å².